The first-order valence-corrected chi connectivity index (χ1v) is 7.54. The maximum atomic E-state index is 12.4. The third-order valence-electron chi connectivity index (χ3n) is 3.46. The molecule has 0 fully saturated rings. The van der Waals surface area contributed by atoms with Gasteiger partial charge in [0.2, 0.25) is 0 Å². The Kier molecular flexibility index (Phi) is 6.56. The Bertz CT molecular complexity index is 438. The van der Waals surface area contributed by atoms with E-state index in [1.807, 2.05) is 45.0 Å². The monoisotopic (exact) mass is 277 g/mol. The lowest BCUT2D eigenvalue weighted by Crippen LogP contribution is -2.33. The molecule has 1 aromatic rings. The zero-order valence-electron chi connectivity index (χ0n) is 13.2. The van der Waals surface area contributed by atoms with E-state index in [1.54, 1.807) is 6.21 Å². The van der Waals surface area contributed by atoms with E-state index in [-0.39, 0.29) is 5.54 Å². The molecule has 0 saturated heterocycles. The molecule has 0 aliphatic rings. The summed E-state index contributed by atoms with van der Waals surface area (Å²) in [6.07, 6.45) is 5.98. The van der Waals surface area contributed by atoms with Crippen molar-refractivity contribution in [3.63, 3.8) is 0 Å². The first-order chi connectivity index (χ1) is 9.51. The van der Waals surface area contributed by atoms with Crippen molar-refractivity contribution < 1.29 is 9.48 Å². The molecule has 0 bridgehead atoms. The minimum absolute atomic E-state index is 0.380. The maximum Gasteiger partial charge on any atom is 0.186 e. The van der Waals surface area contributed by atoms with Crippen LogP contribution in [-0.4, -0.2) is 23.1 Å². The molecule has 1 aromatic carbocycles. The lowest BCUT2D eigenvalue weighted by Gasteiger charge is -2.24. The molecule has 0 spiro atoms. The average molecular weight is 277 g/mol. The molecule has 0 radical (unpaired) electrons. The second-order valence-electron chi connectivity index (χ2n) is 5.70. The summed E-state index contributed by atoms with van der Waals surface area (Å²) in [6.45, 7) is 8.71. The van der Waals surface area contributed by atoms with Gasteiger partial charge in [-0.3, -0.25) is 0 Å². The smallest absolute Gasteiger partial charge is 0.186 e. The van der Waals surface area contributed by atoms with Crippen molar-refractivity contribution in [2.24, 2.45) is 0 Å². The van der Waals surface area contributed by atoms with Crippen molar-refractivity contribution in [3.8, 4) is 5.75 Å². The number of hydrogen-bond donors (Lipinski definition) is 0. The molecular weight excluding hydrogens is 250 g/mol. The number of benzene rings is 1. The molecule has 0 heterocycles. The van der Waals surface area contributed by atoms with Crippen molar-refractivity contribution in [2.75, 3.05) is 6.61 Å². The van der Waals surface area contributed by atoms with Crippen LogP contribution in [0.25, 0.3) is 0 Å². The number of unbranched alkanes of at least 4 members (excludes halogenated alkanes) is 2. The standard InChI is InChI=1S/C17H27NO2/c1-5-7-10-13-17(3,4)18(19)14-15-11-8-9-12-16(15)20-6-2/h8-9,11-12,14H,5-7,10,13H2,1-4H3. The van der Waals surface area contributed by atoms with E-state index in [2.05, 4.69) is 6.92 Å². The number of para-hydroxylation sites is 1. The molecule has 0 N–H and O–H groups in total. The molecular formula is C17H27NO2. The van der Waals surface area contributed by atoms with Crippen molar-refractivity contribution in [1.29, 1.82) is 0 Å². The minimum Gasteiger partial charge on any atom is -0.623 e. The molecule has 1 rings (SSSR count). The SMILES string of the molecule is CCCCCC(C)(C)[N+]([O-])=Cc1ccccc1OCC. The second-order valence-corrected chi connectivity index (χ2v) is 5.70. The van der Waals surface area contributed by atoms with Crippen LogP contribution in [0, 0.1) is 5.21 Å². The first kappa shape index (κ1) is 16.5. The van der Waals surface area contributed by atoms with E-state index < -0.39 is 0 Å². The van der Waals surface area contributed by atoms with Gasteiger partial charge in [0.05, 0.1) is 12.2 Å². The Hall–Kier alpha value is -1.51. The molecule has 0 atom stereocenters. The predicted molar refractivity (Wildman–Crippen MR) is 84.6 cm³/mol. The summed E-state index contributed by atoms with van der Waals surface area (Å²) in [5.41, 5.74) is 0.460. The Balaban J connectivity index is 2.86. The molecule has 3 nitrogen and oxygen atoms in total. The Labute approximate surface area is 122 Å². The minimum atomic E-state index is -0.380. The highest BCUT2D eigenvalue weighted by Gasteiger charge is 2.25. The van der Waals surface area contributed by atoms with Crippen LogP contribution in [0.3, 0.4) is 0 Å². The van der Waals surface area contributed by atoms with E-state index in [4.69, 9.17) is 4.74 Å². The van der Waals surface area contributed by atoms with E-state index in [0.717, 1.165) is 28.9 Å². The third kappa shape index (κ3) is 4.87. The second kappa shape index (κ2) is 7.93. The van der Waals surface area contributed by atoms with Gasteiger partial charge in [0, 0.05) is 20.3 Å². The van der Waals surface area contributed by atoms with Crippen LogP contribution in [-0.2, 0) is 0 Å². The molecule has 3 heteroatoms. The fourth-order valence-corrected chi connectivity index (χ4v) is 2.09. The Morgan fingerprint density at radius 1 is 1.20 bits per heavy atom. The van der Waals surface area contributed by atoms with Crippen LogP contribution in [0.2, 0.25) is 0 Å². The van der Waals surface area contributed by atoms with Gasteiger partial charge in [0.15, 0.2) is 11.8 Å². The van der Waals surface area contributed by atoms with Gasteiger partial charge in [-0.1, -0.05) is 31.9 Å². The average Bonchev–Trinajstić information content (AvgIpc) is 2.41. The molecule has 0 amide bonds. The van der Waals surface area contributed by atoms with E-state index in [1.165, 1.54) is 12.8 Å². The summed E-state index contributed by atoms with van der Waals surface area (Å²) >= 11 is 0. The van der Waals surface area contributed by atoms with E-state index in [9.17, 15) is 5.21 Å². The zero-order valence-corrected chi connectivity index (χ0v) is 13.2. The number of hydroxylamine groups is 1. The normalized spacial score (nSPS) is 12.5. The number of hydrogen-bond acceptors (Lipinski definition) is 2. The van der Waals surface area contributed by atoms with Crippen molar-refractivity contribution in [2.45, 2.75) is 58.9 Å². The lowest BCUT2D eigenvalue weighted by molar-refractivity contribution is -0.537. The van der Waals surface area contributed by atoms with E-state index >= 15 is 0 Å². The molecule has 0 aliphatic heterocycles. The highest BCUT2D eigenvalue weighted by molar-refractivity contribution is 5.80. The Morgan fingerprint density at radius 3 is 2.55 bits per heavy atom. The van der Waals surface area contributed by atoms with Gasteiger partial charge in [-0.2, -0.15) is 0 Å². The fraction of sp³-hybridized carbons (Fsp3) is 0.588. The fourth-order valence-electron chi connectivity index (χ4n) is 2.09. The molecule has 0 aromatic heterocycles. The summed E-state index contributed by atoms with van der Waals surface area (Å²) in [6, 6.07) is 7.65. The maximum absolute atomic E-state index is 12.4. The summed E-state index contributed by atoms with van der Waals surface area (Å²) in [5.74, 6) is 0.764. The molecule has 20 heavy (non-hydrogen) atoms. The van der Waals surface area contributed by atoms with Crippen LogP contribution in [0.4, 0.5) is 0 Å². The third-order valence-corrected chi connectivity index (χ3v) is 3.46. The quantitative estimate of drug-likeness (QED) is 0.232. The van der Waals surface area contributed by atoms with Gasteiger partial charge in [-0.05, 0) is 25.5 Å². The number of ether oxygens (including phenoxy) is 1. The summed E-state index contributed by atoms with van der Waals surface area (Å²) in [7, 11) is 0. The van der Waals surface area contributed by atoms with Crippen LogP contribution in [0.1, 0.15) is 58.9 Å². The first-order valence-electron chi connectivity index (χ1n) is 7.54. The lowest BCUT2D eigenvalue weighted by atomic mass is 9.97. The van der Waals surface area contributed by atoms with Crippen LogP contribution < -0.4 is 4.74 Å². The highest BCUT2D eigenvalue weighted by Crippen LogP contribution is 2.20. The molecule has 0 saturated carbocycles. The van der Waals surface area contributed by atoms with Gasteiger partial charge in [-0.15, -0.1) is 0 Å². The topological polar surface area (TPSA) is 35.3 Å². The van der Waals surface area contributed by atoms with Gasteiger partial charge >= 0.3 is 0 Å². The van der Waals surface area contributed by atoms with Gasteiger partial charge < -0.3 is 9.94 Å². The highest BCUT2D eigenvalue weighted by atomic mass is 16.5. The van der Waals surface area contributed by atoms with Gasteiger partial charge in [-0.25, -0.2) is 4.74 Å². The molecule has 0 unspecified atom stereocenters. The van der Waals surface area contributed by atoms with Crippen LogP contribution in [0.5, 0.6) is 5.75 Å². The van der Waals surface area contributed by atoms with Crippen LogP contribution in [0.15, 0.2) is 24.3 Å². The van der Waals surface area contributed by atoms with Crippen molar-refractivity contribution >= 4 is 6.21 Å². The number of nitrogens with zero attached hydrogens (tertiary/aromatic N) is 1. The van der Waals surface area contributed by atoms with Crippen molar-refractivity contribution in [1.82, 2.24) is 0 Å². The summed E-state index contributed by atoms with van der Waals surface area (Å²) < 4.78 is 6.62. The van der Waals surface area contributed by atoms with Gasteiger partial charge in [0.1, 0.15) is 5.75 Å². The summed E-state index contributed by atoms with van der Waals surface area (Å²) in [4.78, 5) is 0. The molecule has 0 aliphatic carbocycles. The van der Waals surface area contributed by atoms with Crippen LogP contribution >= 0.6 is 0 Å². The predicted octanol–water partition coefficient (Wildman–Crippen LogP) is 4.37. The summed E-state index contributed by atoms with van der Waals surface area (Å²) in [5, 5.41) is 12.4. The number of rotatable bonds is 8. The Morgan fingerprint density at radius 2 is 1.90 bits per heavy atom. The van der Waals surface area contributed by atoms with E-state index in [0.29, 0.717) is 6.61 Å². The zero-order chi connectivity index (χ0) is 15.0. The van der Waals surface area contributed by atoms with Crippen molar-refractivity contribution in [3.05, 3.63) is 35.0 Å². The molecule has 112 valence electrons. The largest absolute Gasteiger partial charge is 0.623 e. The van der Waals surface area contributed by atoms with Gasteiger partial charge in [0.25, 0.3) is 0 Å².